The highest BCUT2D eigenvalue weighted by Crippen LogP contribution is 2.17. The van der Waals surface area contributed by atoms with Gasteiger partial charge in [-0.15, -0.1) is 24.0 Å². The zero-order chi connectivity index (χ0) is 22.1. The molecule has 0 aromatic rings. The van der Waals surface area contributed by atoms with Crippen molar-refractivity contribution in [1.82, 2.24) is 20.0 Å². The lowest BCUT2D eigenvalue weighted by Gasteiger charge is -2.37. The Balaban J connectivity index is 0.00000363. The van der Waals surface area contributed by atoms with Crippen LogP contribution in [-0.4, -0.2) is 104 Å². The number of hydrogen-bond donors (Lipinski definition) is 2. The lowest BCUT2D eigenvalue weighted by atomic mass is 9.96. The van der Waals surface area contributed by atoms with Crippen molar-refractivity contribution in [3.63, 3.8) is 0 Å². The number of piperazine rings is 1. The van der Waals surface area contributed by atoms with E-state index >= 15 is 0 Å². The summed E-state index contributed by atoms with van der Waals surface area (Å²) in [4.78, 5) is 35.3. The van der Waals surface area contributed by atoms with Crippen LogP contribution in [0.2, 0.25) is 0 Å². The molecule has 184 valence electrons. The molecule has 32 heavy (non-hydrogen) atoms. The molecule has 3 aliphatic heterocycles. The first-order chi connectivity index (χ1) is 15.1. The normalized spacial score (nSPS) is 23.2. The maximum Gasteiger partial charge on any atom is 0.251 e. The molecule has 3 N–H and O–H groups in total. The Hall–Kier alpha value is -1.14. The molecular weight excluding hydrogens is 523 g/mol. The summed E-state index contributed by atoms with van der Waals surface area (Å²) in [6.07, 6.45) is 5.54. The van der Waals surface area contributed by atoms with Crippen LogP contribution < -0.4 is 11.1 Å². The first kappa shape index (κ1) is 27.1. The third-order valence-corrected chi connectivity index (χ3v) is 6.56. The number of aliphatic imine (C=N–C) groups is 1. The number of nitrogens with one attached hydrogen (secondary N) is 1. The number of guanidine groups is 1. The second-order valence-electron chi connectivity index (χ2n) is 8.78. The fraction of sp³-hybridized carbons (Fsp3) is 0.864. The van der Waals surface area contributed by atoms with Crippen LogP contribution in [0.25, 0.3) is 0 Å². The summed E-state index contributed by atoms with van der Waals surface area (Å²) in [5, 5.41) is 3.40. The standard InChI is InChI=1S/C22H40N6O3.HI/c1-2-24-22(25-9-3-4-10-26-11-7-18(8-12-26)20(23)29)28-15-13-27(14-16-28)21(30)19-6-5-17-31-19;/h18-19H,2-17H2,1H3,(H2,23,29)(H,24,25);1H. The van der Waals surface area contributed by atoms with E-state index in [9.17, 15) is 9.59 Å². The highest BCUT2D eigenvalue weighted by atomic mass is 127. The number of carbonyl (C=O) groups is 2. The van der Waals surface area contributed by atoms with Gasteiger partial charge in [0, 0.05) is 51.8 Å². The topological polar surface area (TPSA) is 103 Å². The Morgan fingerprint density at radius 3 is 2.31 bits per heavy atom. The maximum atomic E-state index is 12.5. The Kier molecular flexibility index (Phi) is 12.0. The number of hydrogen-bond acceptors (Lipinski definition) is 5. The summed E-state index contributed by atoms with van der Waals surface area (Å²) >= 11 is 0. The molecule has 1 atom stereocenters. The first-order valence-electron chi connectivity index (χ1n) is 12.0. The van der Waals surface area contributed by atoms with Gasteiger partial charge in [0.05, 0.1) is 0 Å². The molecule has 0 radical (unpaired) electrons. The van der Waals surface area contributed by atoms with Crippen LogP contribution in [0, 0.1) is 5.92 Å². The lowest BCUT2D eigenvalue weighted by Crippen LogP contribution is -2.55. The Bertz CT molecular complexity index is 613. The van der Waals surface area contributed by atoms with Crippen molar-refractivity contribution >= 4 is 41.8 Å². The van der Waals surface area contributed by atoms with Crippen LogP contribution in [-0.2, 0) is 14.3 Å². The maximum absolute atomic E-state index is 12.5. The average molecular weight is 565 g/mol. The number of piperidine rings is 1. The molecule has 0 aromatic carbocycles. The van der Waals surface area contributed by atoms with Gasteiger partial charge in [0.25, 0.3) is 5.91 Å². The van der Waals surface area contributed by atoms with E-state index < -0.39 is 0 Å². The van der Waals surface area contributed by atoms with E-state index in [1.54, 1.807) is 0 Å². The van der Waals surface area contributed by atoms with E-state index in [1.165, 1.54) is 0 Å². The minimum absolute atomic E-state index is 0. The fourth-order valence-corrected chi connectivity index (χ4v) is 4.61. The van der Waals surface area contributed by atoms with Crippen LogP contribution in [0.5, 0.6) is 0 Å². The number of carbonyl (C=O) groups excluding carboxylic acids is 2. The van der Waals surface area contributed by atoms with Crippen LogP contribution in [0.4, 0.5) is 0 Å². The van der Waals surface area contributed by atoms with Gasteiger partial charge in [-0.05, 0) is 65.1 Å². The van der Waals surface area contributed by atoms with Crippen molar-refractivity contribution in [1.29, 1.82) is 0 Å². The van der Waals surface area contributed by atoms with Gasteiger partial charge in [0.15, 0.2) is 5.96 Å². The quantitative estimate of drug-likeness (QED) is 0.196. The summed E-state index contributed by atoms with van der Waals surface area (Å²) in [5.41, 5.74) is 5.41. The van der Waals surface area contributed by atoms with Crippen molar-refractivity contribution in [3.8, 4) is 0 Å². The highest BCUT2D eigenvalue weighted by Gasteiger charge is 2.31. The zero-order valence-electron chi connectivity index (χ0n) is 19.5. The van der Waals surface area contributed by atoms with Crippen molar-refractivity contribution < 1.29 is 14.3 Å². The second kappa shape index (κ2) is 14.2. The number of primary amides is 1. The number of rotatable bonds is 8. The molecule has 3 heterocycles. The molecule has 1 unspecified atom stereocenters. The number of unbranched alkanes of at least 4 members (excludes halogenated alkanes) is 1. The smallest absolute Gasteiger partial charge is 0.251 e. The first-order valence-corrected chi connectivity index (χ1v) is 12.0. The van der Waals surface area contributed by atoms with E-state index in [-0.39, 0.29) is 47.8 Å². The molecule has 0 spiro atoms. The number of nitrogens with two attached hydrogens (primary N) is 1. The Morgan fingerprint density at radius 1 is 1.03 bits per heavy atom. The molecule has 0 aromatic heterocycles. The summed E-state index contributed by atoms with van der Waals surface area (Å²) < 4.78 is 5.55. The summed E-state index contributed by atoms with van der Waals surface area (Å²) in [5.74, 6) is 1.01. The summed E-state index contributed by atoms with van der Waals surface area (Å²) in [7, 11) is 0. The van der Waals surface area contributed by atoms with Crippen molar-refractivity contribution in [2.75, 3.05) is 65.5 Å². The molecule has 3 rings (SSSR count). The molecule has 0 bridgehead atoms. The SMILES string of the molecule is CCNC(=NCCCCN1CCC(C(N)=O)CC1)N1CCN(C(=O)C2CCCO2)CC1.I. The van der Waals surface area contributed by atoms with Gasteiger partial charge in [-0.25, -0.2) is 0 Å². The highest BCUT2D eigenvalue weighted by molar-refractivity contribution is 14.0. The van der Waals surface area contributed by atoms with E-state index in [0.717, 1.165) is 103 Å². The van der Waals surface area contributed by atoms with Crippen LogP contribution in [0.15, 0.2) is 4.99 Å². The molecule has 9 nitrogen and oxygen atoms in total. The summed E-state index contributed by atoms with van der Waals surface area (Å²) in [6, 6.07) is 0. The van der Waals surface area contributed by atoms with E-state index in [4.69, 9.17) is 15.5 Å². The van der Waals surface area contributed by atoms with Crippen LogP contribution >= 0.6 is 24.0 Å². The number of amides is 2. The van der Waals surface area contributed by atoms with Crippen molar-refractivity contribution in [3.05, 3.63) is 0 Å². The van der Waals surface area contributed by atoms with E-state index in [0.29, 0.717) is 6.61 Å². The third kappa shape index (κ3) is 8.02. The number of ether oxygens (including phenoxy) is 1. The molecule has 3 saturated heterocycles. The van der Waals surface area contributed by atoms with Gasteiger partial charge in [0.2, 0.25) is 5.91 Å². The van der Waals surface area contributed by atoms with Gasteiger partial charge in [-0.3, -0.25) is 14.6 Å². The molecule has 0 saturated carbocycles. The zero-order valence-corrected chi connectivity index (χ0v) is 21.8. The van der Waals surface area contributed by atoms with Crippen LogP contribution in [0.1, 0.15) is 45.4 Å². The number of nitrogens with zero attached hydrogens (tertiary/aromatic N) is 4. The number of halogens is 1. The molecule has 3 fully saturated rings. The third-order valence-electron chi connectivity index (χ3n) is 6.56. The fourth-order valence-electron chi connectivity index (χ4n) is 4.61. The predicted octanol–water partition coefficient (Wildman–Crippen LogP) is 0.871. The molecule has 2 amide bonds. The van der Waals surface area contributed by atoms with E-state index in [1.807, 2.05) is 4.90 Å². The van der Waals surface area contributed by atoms with Gasteiger partial charge in [-0.1, -0.05) is 0 Å². The molecule has 10 heteroatoms. The Morgan fingerprint density at radius 2 is 1.72 bits per heavy atom. The predicted molar refractivity (Wildman–Crippen MR) is 136 cm³/mol. The van der Waals surface area contributed by atoms with E-state index in [2.05, 4.69) is 22.0 Å². The largest absolute Gasteiger partial charge is 0.369 e. The minimum atomic E-state index is -0.227. The van der Waals surface area contributed by atoms with Crippen molar-refractivity contribution in [2.24, 2.45) is 16.6 Å². The van der Waals surface area contributed by atoms with Crippen LogP contribution in [0.3, 0.4) is 0 Å². The average Bonchev–Trinajstić information content (AvgIpc) is 3.33. The Labute approximate surface area is 209 Å². The summed E-state index contributed by atoms with van der Waals surface area (Å²) in [6.45, 7) is 10.5. The van der Waals surface area contributed by atoms with Crippen molar-refractivity contribution in [2.45, 2.75) is 51.6 Å². The van der Waals surface area contributed by atoms with Gasteiger partial charge >= 0.3 is 0 Å². The second-order valence-corrected chi connectivity index (χ2v) is 8.78. The van der Waals surface area contributed by atoms with Gasteiger partial charge in [-0.2, -0.15) is 0 Å². The molecule has 0 aliphatic carbocycles. The molecule has 3 aliphatic rings. The van der Waals surface area contributed by atoms with Gasteiger partial charge in [0.1, 0.15) is 6.10 Å². The minimum Gasteiger partial charge on any atom is -0.369 e. The number of likely N-dealkylation sites (tertiary alicyclic amines) is 1. The molecular formula is C22H41IN6O3. The van der Waals surface area contributed by atoms with Gasteiger partial charge < -0.3 is 30.5 Å². The monoisotopic (exact) mass is 564 g/mol. The lowest BCUT2D eigenvalue weighted by molar-refractivity contribution is -0.142.